The predicted molar refractivity (Wildman–Crippen MR) is 143 cm³/mol. The molecule has 0 spiro atoms. The average Bonchev–Trinajstić information content (AvgIpc) is 3.53. The normalized spacial score (nSPS) is 19.1. The number of ketones is 1. The van der Waals surface area contributed by atoms with E-state index in [1.807, 2.05) is 30.3 Å². The van der Waals surface area contributed by atoms with Crippen LogP contribution < -0.4 is 9.64 Å². The number of ether oxygens (including phenoxy) is 2. The first-order valence-corrected chi connectivity index (χ1v) is 13.5. The van der Waals surface area contributed by atoms with Gasteiger partial charge in [-0.05, 0) is 81.9 Å². The van der Waals surface area contributed by atoms with Crippen molar-refractivity contribution in [3.8, 4) is 5.75 Å². The number of rotatable bonds is 12. The Morgan fingerprint density at radius 2 is 1.86 bits per heavy atom. The first kappa shape index (κ1) is 26.2. The maximum absolute atomic E-state index is 13.6. The molecule has 0 bridgehead atoms. The van der Waals surface area contributed by atoms with Gasteiger partial charge >= 0.3 is 5.97 Å². The smallest absolute Gasteiger partial charge is 0.320 e. The number of para-hydroxylation sites is 1. The van der Waals surface area contributed by atoms with Gasteiger partial charge in [-0.15, -0.1) is 0 Å². The summed E-state index contributed by atoms with van der Waals surface area (Å²) in [5, 5.41) is 0. The number of carbonyl (C=O) groups excluding carboxylic acids is 2. The second kappa shape index (κ2) is 11.9. The molecule has 1 saturated heterocycles. The second-order valence-electron chi connectivity index (χ2n) is 9.98. The highest BCUT2D eigenvalue weighted by molar-refractivity contribution is 6.16. The lowest BCUT2D eigenvalue weighted by Gasteiger charge is -2.26. The van der Waals surface area contributed by atoms with Gasteiger partial charge in [-0.2, -0.15) is 0 Å². The summed E-state index contributed by atoms with van der Waals surface area (Å²) in [4.78, 5) is 31.6. The molecule has 1 heterocycles. The maximum atomic E-state index is 13.6. The van der Waals surface area contributed by atoms with Crippen LogP contribution in [0.25, 0.3) is 0 Å². The third kappa shape index (κ3) is 5.44. The van der Waals surface area contributed by atoms with E-state index in [-0.39, 0.29) is 18.4 Å². The van der Waals surface area contributed by atoms with Crippen molar-refractivity contribution in [2.24, 2.45) is 5.41 Å². The van der Waals surface area contributed by atoms with Gasteiger partial charge in [0.2, 0.25) is 0 Å². The van der Waals surface area contributed by atoms with Crippen LogP contribution in [0.3, 0.4) is 0 Å². The summed E-state index contributed by atoms with van der Waals surface area (Å²) in [6.45, 7) is 8.99. The van der Waals surface area contributed by atoms with Crippen molar-refractivity contribution in [1.82, 2.24) is 4.90 Å². The third-order valence-corrected chi connectivity index (χ3v) is 7.76. The molecule has 0 radical (unpaired) electrons. The monoisotopic (exact) mass is 492 g/mol. The topological polar surface area (TPSA) is 59.1 Å². The minimum Gasteiger partial charge on any atom is -0.496 e. The van der Waals surface area contributed by atoms with Crippen molar-refractivity contribution in [2.45, 2.75) is 58.9 Å². The lowest BCUT2D eigenvalue weighted by atomic mass is 9.79. The van der Waals surface area contributed by atoms with Crippen LogP contribution in [0, 0.1) is 5.41 Å². The summed E-state index contributed by atoms with van der Waals surface area (Å²) >= 11 is 0. The van der Waals surface area contributed by atoms with Gasteiger partial charge in [-0.1, -0.05) is 31.5 Å². The number of anilines is 1. The SMILES string of the molecule is CCOC(=O)C1(CCCCN(CC)Cc2ccccc2OC)Cc2cc(N3CCCC3)ccc2C1=O. The van der Waals surface area contributed by atoms with E-state index in [1.54, 1.807) is 14.0 Å². The van der Waals surface area contributed by atoms with Gasteiger partial charge in [-0.3, -0.25) is 14.5 Å². The van der Waals surface area contributed by atoms with E-state index in [2.05, 4.69) is 28.9 Å². The van der Waals surface area contributed by atoms with E-state index in [4.69, 9.17) is 9.47 Å². The Kier molecular flexibility index (Phi) is 8.68. The molecule has 1 aliphatic carbocycles. The lowest BCUT2D eigenvalue weighted by molar-refractivity contribution is -0.152. The number of unbranched alkanes of at least 4 members (excludes halogenated alkanes) is 1. The molecule has 2 aromatic rings. The zero-order valence-corrected chi connectivity index (χ0v) is 22.1. The number of benzene rings is 2. The highest BCUT2D eigenvalue weighted by Gasteiger charge is 2.52. The zero-order chi connectivity index (χ0) is 25.5. The number of nitrogens with zero attached hydrogens (tertiary/aromatic N) is 2. The van der Waals surface area contributed by atoms with E-state index < -0.39 is 5.41 Å². The largest absolute Gasteiger partial charge is 0.496 e. The van der Waals surface area contributed by atoms with Crippen LogP contribution in [0.4, 0.5) is 5.69 Å². The van der Waals surface area contributed by atoms with Crippen molar-refractivity contribution in [2.75, 3.05) is 44.8 Å². The van der Waals surface area contributed by atoms with Crippen molar-refractivity contribution in [1.29, 1.82) is 0 Å². The molecular weight excluding hydrogens is 452 g/mol. The fourth-order valence-electron chi connectivity index (χ4n) is 5.71. The van der Waals surface area contributed by atoms with E-state index in [9.17, 15) is 9.59 Å². The Morgan fingerprint density at radius 3 is 2.58 bits per heavy atom. The Bertz CT molecular complexity index is 1060. The summed E-state index contributed by atoms with van der Waals surface area (Å²) in [6, 6.07) is 14.2. The van der Waals surface area contributed by atoms with Gasteiger partial charge in [-0.25, -0.2) is 0 Å². The molecular formula is C30H40N2O4. The molecule has 0 N–H and O–H groups in total. The van der Waals surface area contributed by atoms with E-state index in [0.717, 1.165) is 62.6 Å². The van der Waals surface area contributed by atoms with E-state index in [1.165, 1.54) is 18.4 Å². The molecule has 2 aromatic carbocycles. The predicted octanol–water partition coefficient (Wildman–Crippen LogP) is 5.28. The van der Waals surface area contributed by atoms with Gasteiger partial charge < -0.3 is 14.4 Å². The summed E-state index contributed by atoms with van der Waals surface area (Å²) < 4.78 is 11.0. The minimum absolute atomic E-state index is 0.0645. The zero-order valence-electron chi connectivity index (χ0n) is 22.1. The summed E-state index contributed by atoms with van der Waals surface area (Å²) in [5.74, 6) is 0.473. The highest BCUT2D eigenvalue weighted by Crippen LogP contribution is 2.43. The Balaban J connectivity index is 1.42. The van der Waals surface area contributed by atoms with Crippen LogP contribution in [-0.2, 0) is 22.5 Å². The van der Waals surface area contributed by atoms with Gasteiger partial charge in [0.05, 0.1) is 13.7 Å². The number of fused-ring (bicyclic) bond motifs is 1. The molecule has 1 atom stereocenters. The molecule has 194 valence electrons. The van der Waals surface area contributed by atoms with Crippen LogP contribution in [0.1, 0.15) is 67.4 Å². The molecule has 6 heteroatoms. The molecule has 36 heavy (non-hydrogen) atoms. The second-order valence-corrected chi connectivity index (χ2v) is 9.98. The molecule has 1 aliphatic heterocycles. The van der Waals surface area contributed by atoms with Gasteiger partial charge in [0.1, 0.15) is 11.2 Å². The van der Waals surface area contributed by atoms with Gasteiger partial charge in [0.15, 0.2) is 5.78 Å². The van der Waals surface area contributed by atoms with Crippen LogP contribution in [0.15, 0.2) is 42.5 Å². The number of methoxy groups -OCH3 is 1. The highest BCUT2D eigenvalue weighted by atomic mass is 16.5. The summed E-state index contributed by atoms with van der Waals surface area (Å²) in [5.41, 5.74) is 2.91. The van der Waals surface area contributed by atoms with Crippen LogP contribution in [0.5, 0.6) is 5.75 Å². The lowest BCUT2D eigenvalue weighted by Crippen LogP contribution is -2.39. The fourth-order valence-corrected chi connectivity index (χ4v) is 5.71. The minimum atomic E-state index is -1.10. The van der Waals surface area contributed by atoms with Crippen molar-refractivity contribution in [3.63, 3.8) is 0 Å². The van der Waals surface area contributed by atoms with Crippen molar-refractivity contribution < 1.29 is 19.1 Å². The molecule has 2 aliphatic rings. The number of carbonyl (C=O) groups is 2. The number of Topliss-reactive ketones (excluding diaryl/α,β-unsaturated/α-hetero) is 1. The molecule has 1 fully saturated rings. The van der Waals surface area contributed by atoms with Crippen LogP contribution in [0.2, 0.25) is 0 Å². The Labute approximate surface area is 215 Å². The maximum Gasteiger partial charge on any atom is 0.320 e. The Hall–Kier alpha value is -2.86. The number of hydrogen-bond acceptors (Lipinski definition) is 6. The molecule has 0 amide bonds. The Morgan fingerprint density at radius 1 is 1.08 bits per heavy atom. The quantitative estimate of drug-likeness (QED) is 0.228. The van der Waals surface area contributed by atoms with Crippen molar-refractivity contribution >= 4 is 17.4 Å². The van der Waals surface area contributed by atoms with Crippen LogP contribution >= 0.6 is 0 Å². The van der Waals surface area contributed by atoms with Crippen molar-refractivity contribution in [3.05, 3.63) is 59.2 Å². The third-order valence-electron chi connectivity index (χ3n) is 7.76. The van der Waals surface area contributed by atoms with Crippen LogP contribution in [-0.4, -0.2) is 56.5 Å². The summed E-state index contributed by atoms with van der Waals surface area (Å²) in [7, 11) is 1.70. The molecule has 0 saturated carbocycles. The number of esters is 1. The van der Waals surface area contributed by atoms with E-state index in [0.29, 0.717) is 18.4 Å². The summed E-state index contributed by atoms with van der Waals surface area (Å²) in [6.07, 6.45) is 5.07. The first-order valence-electron chi connectivity index (χ1n) is 13.5. The number of hydrogen-bond donors (Lipinski definition) is 0. The van der Waals surface area contributed by atoms with Gasteiger partial charge in [0, 0.05) is 36.4 Å². The first-order chi connectivity index (χ1) is 17.5. The molecule has 0 aromatic heterocycles. The fraction of sp³-hybridized carbons (Fsp3) is 0.533. The average molecular weight is 493 g/mol. The molecule has 1 unspecified atom stereocenters. The van der Waals surface area contributed by atoms with Gasteiger partial charge in [0.25, 0.3) is 0 Å². The molecule has 4 rings (SSSR count). The molecule has 6 nitrogen and oxygen atoms in total. The van der Waals surface area contributed by atoms with E-state index >= 15 is 0 Å². The standard InChI is InChI=1S/C30H40N2O4/c1-4-31(22-23-12-6-7-13-27(23)35-3)17-9-8-16-30(29(34)36-5-2)21-24-20-25(32-18-10-11-19-32)14-15-26(24)28(30)33/h6-7,12-15,20H,4-5,8-11,16-19,21-22H2,1-3H3.